The lowest BCUT2D eigenvalue weighted by atomic mass is 9.46. The molecule has 0 spiro atoms. The standard InChI is InChI=1S/C20H28O4/c1-13-5-8-16-19(2,10-4-11-20(16,3)18(22)23)15(13)7-6-14-9-12-24-17(14)21/h9,15-16H,1,4-8,10-12H2,2-3H3,(H,22,23)/t15?,16-,19-,20+/m0/s1. The molecule has 24 heavy (non-hydrogen) atoms. The molecule has 1 N–H and O–H groups in total. The summed E-state index contributed by atoms with van der Waals surface area (Å²) in [4.78, 5) is 23.7. The van der Waals surface area contributed by atoms with Crippen LogP contribution in [0.1, 0.15) is 58.8 Å². The molecule has 1 heterocycles. The molecule has 4 nitrogen and oxygen atoms in total. The van der Waals surface area contributed by atoms with Crippen molar-refractivity contribution in [1.82, 2.24) is 0 Å². The van der Waals surface area contributed by atoms with E-state index in [-0.39, 0.29) is 23.2 Å². The van der Waals surface area contributed by atoms with Crippen LogP contribution < -0.4 is 0 Å². The molecule has 0 radical (unpaired) electrons. The molecule has 0 aromatic rings. The minimum atomic E-state index is -0.660. The van der Waals surface area contributed by atoms with Gasteiger partial charge in [-0.1, -0.05) is 25.5 Å². The third-order valence-corrected chi connectivity index (χ3v) is 7.02. The van der Waals surface area contributed by atoms with Crippen LogP contribution in [0.2, 0.25) is 0 Å². The zero-order chi connectivity index (χ0) is 17.5. The average Bonchev–Trinajstić information content (AvgIpc) is 2.91. The maximum Gasteiger partial charge on any atom is 0.334 e. The number of carbonyl (C=O) groups excluding carboxylic acids is 1. The number of aliphatic carboxylic acids is 1. The first kappa shape index (κ1) is 17.2. The van der Waals surface area contributed by atoms with Crippen molar-refractivity contribution >= 4 is 11.9 Å². The molecule has 0 bridgehead atoms. The Morgan fingerprint density at radius 1 is 1.42 bits per heavy atom. The number of esters is 1. The van der Waals surface area contributed by atoms with Gasteiger partial charge in [0.2, 0.25) is 0 Å². The van der Waals surface area contributed by atoms with Crippen LogP contribution in [-0.4, -0.2) is 23.7 Å². The fraction of sp³-hybridized carbons (Fsp3) is 0.700. The van der Waals surface area contributed by atoms with Crippen LogP contribution in [0.4, 0.5) is 0 Å². The first-order valence-electron chi connectivity index (χ1n) is 9.06. The number of allylic oxidation sites excluding steroid dienone is 1. The zero-order valence-corrected chi connectivity index (χ0v) is 14.8. The molecule has 132 valence electrons. The van der Waals surface area contributed by atoms with E-state index in [1.54, 1.807) is 0 Å². The molecule has 4 atom stereocenters. The molecular weight excluding hydrogens is 304 g/mol. The van der Waals surface area contributed by atoms with E-state index in [0.717, 1.165) is 44.1 Å². The quantitative estimate of drug-likeness (QED) is 0.621. The van der Waals surface area contributed by atoms with Gasteiger partial charge < -0.3 is 9.84 Å². The minimum Gasteiger partial charge on any atom is -0.481 e. The monoisotopic (exact) mass is 332 g/mol. The second-order valence-corrected chi connectivity index (χ2v) is 8.25. The molecule has 0 amide bonds. The van der Waals surface area contributed by atoms with Gasteiger partial charge in [0.05, 0.1) is 5.41 Å². The molecule has 1 unspecified atom stereocenters. The molecular formula is C20H28O4. The molecule has 0 aromatic carbocycles. The van der Waals surface area contributed by atoms with E-state index in [1.165, 1.54) is 5.57 Å². The van der Waals surface area contributed by atoms with Gasteiger partial charge >= 0.3 is 11.9 Å². The number of hydrogen-bond acceptors (Lipinski definition) is 3. The van der Waals surface area contributed by atoms with Crippen LogP contribution in [-0.2, 0) is 14.3 Å². The first-order chi connectivity index (χ1) is 11.3. The first-order valence-corrected chi connectivity index (χ1v) is 9.06. The van der Waals surface area contributed by atoms with Gasteiger partial charge in [0, 0.05) is 5.57 Å². The van der Waals surface area contributed by atoms with Crippen molar-refractivity contribution < 1.29 is 19.4 Å². The van der Waals surface area contributed by atoms with Gasteiger partial charge in [-0.2, -0.15) is 0 Å². The van der Waals surface area contributed by atoms with E-state index < -0.39 is 11.4 Å². The topological polar surface area (TPSA) is 63.6 Å². The number of hydrogen-bond donors (Lipinski definition) is 1. The molecule has 0 saturated heterocycles. The maximum atomic E-state index is 12.0. The van der Waals surface area contributed by atoms with Gasteiger partial charge in [-0.3, -0.25) is 4.79 Å². The summed E-state index contributed by atoms with van der Waals surface area (Å²) in [6, 6.07) is 0. The number of carboxylic acid groups (broad SMARTS) is 1. The smallest absolute Gasteiger partial charge is 0.334 e. The van der Waals surface area contributed by atoms with Gasteiger partial charge in [0.25, 0.3) is 0 Å². The number of ether oxygens (including phenoxy) is 1. The van der Waals surface area contributed by atoms with Gasteiger partial charge in [-0.25, -0.2) is 4.79 Å². The highest BCUT2D eigenvalue weighted by Crippen LogP contribution is 2.62. The number of cyclic esters (lactones) is 1. The lowest BCUT2D eigenvalue weighted by Gasteiger charge is -2.57. The van der Waals surface area contributed by atoms with Gasteiger partial charge in [0.15, 0.2) is 0 Å². The third kappa shape index (κ3) is 2.60. The van der Waals surface area contributed by atoms with Crippen LogP contribution >= 0.6 is 0 Å². The summed E-state index contributed by atoms with van der Waals surface area (Å²) in [5.41, 5.74) is 1.32. The van der Waals surface area contributed by atoms with Crippen LogP contribution in [0.15, 0.2) is 23.8 Å². The van der Waals surface area contributed by atoms with E-state index >= 15 is 0 Å². The zero-order valence-electron chi connectivity index (χ0n) is 14.8. The molecule has 2 saturated carbocycles. The molecule has 2 aliphatic carbocycles. The molecule has 4 heteroatoms. The van der Waals surface area contributed by atoms with Gasteiger partial charge in [-0.05, 0) is 68.8 Å². The van der Waals surface area contributed by atoms with Crippen molar-refractivity contribution in [2.24, 2.45) is 22.7 Å². The Balaban J connectivity index is 1.83. The Hall–Kier alpha value is -1.58. The Labute approximate surface area is 144 Å². The molecule has 3 rings (SSSR count). The number of carbonyl (C=O) groups is 2. The second kappa shape index (κ2) is 6.05. The fourth-order valence-corrected chi connectivity index (χ4v) is 5.64. The minimum absolute atomic E-state index is 0.0379. The highest BCUT2D eigenvalue weighted by molar-refractivity contribution is 5.90. The summed E-state index contributed by atoms with van der Waals surface area (Å²) in [6.45, 7) is 8.88. The summed E-state index contributed by atoms with van der Waals surface area (Å²) in [5.74, 6) is -0.398. The van der Waals surface area contributed by atoms with E-state index in [0.29, 0.717) is 13.0 Å². The SMILES string of the molecule is C=C1CC[C@@H]2[C@](C)(C(=O)O)CCC[C@@]2(C)C1CCC1=CCOC1=O. The predicted octanol–water partition coefficient (Wildman–Crippen LogP) is 4.11. The van der Waals surface area contributed by atoms with Crippen molar-refractivity contribution in [3.8, 4) is 0 Å². The van der Waals surface area contributed by atoms with Crippen molar-refractivity contribution in [2.45, 2.75) is 58.8 Å². The predicted molar refractivity (Wildman–Crippen MR) is 91.3 cm³/mol. The number of rotatable bonds is 4. The second-order valence-electron chi connectivity index (χ2n) is 8.25. The Bertz CT molecular complexity index is 605. The maximum absolute atomic E-state index is 12.0. The van der Waals surface area contributed by atoms with E-state index in [2.05, 4.69) is 13.5 Å². The Kier molecular flexibility index (Phi) is 4.35. The highest BCUT2D eigenvalue weighted by atomic mass is 16.5. The number of fused-ring (bicyclic) bond motifs is 1. The summed E-state index contributed by atoms with van der Waals surface area (Å²) in [7, 11) is 0. The summed E-state index contributed by atoms with van der Waals surface area (Å²) < 4.78 is 5.00. The summed E-state index contributed by atoms with van der Waals surface area (Å²) >= 11 is 0. The summed E-state index contributed by atoms with van der Waals surface area (Å²) in [6.07, 6.45) is 8.01. The van der Waals surface area contributed by atoms with E-state index in [9.17, 15) is 14.7 Å². The van der Waals surface area contributed by atoms with E-state index in [1.807, 2.05) is 13.0 Å². The largest absolute Gasteiger partial charge is 0.481 e. The molecule has 3 aliphatic rings. The molecule has 0 aromatic heterocycles. The fourth-order valence-electron chi connectivity index (χ4n) is 5.64. The van der Waals surface area contributed by atoms with Crippen molar-refractivity contribution in [3.63, 3.8) is 0 Å². The molecule has 2 fully saturated rings. The Morgan fingerprint density at radius 3 is 2.79 bits per heavy atom. The highest BCUT2D eigenvalue weighted by Gasteiger charge is 2.57. The summed E-state index contributed by atoms with van der Waals surface area (Å²) in [5, 5.41) is 9.85. The van der Waals surface area contributed by atoms with E-state index in [4.69, 9.17) is 4.74 Å². The lowest BCUT2D eigenvalue weighted by molar-refractivity contribution is -0.164. The average molecular weight is 332 g/mol. The lowest BCUT2D eigenvalue weighted by Crippen LogP contribution is -2.53. The van der Waals surface area contributed by atoms with Crippen LogP contribution in [0, 0.1) is 22.7 Å². The van der Waals surface area contributed by atoms with Crippen molar-refractivity contribution in [1.29, 1.82) is 0 Å². The van der Waals surface area contributed by atoms with Crippen LogP contribution in [0.5, 0.6) is 0 Å². The Morgan fingerprint density at radius 2 is 2.17 bits per heavy atom. The number of carboxylic acids is 1. The van der Waals surface area contributed by atoms with Gasteiger partial charge in [-0.15, -0.1) is 0 Å². The van der Waals surface area contributed by atoms with Crippen molar-refractivity contribution in [3.05, 3.63) is 23.8 Å². The normalized spacial score (nSPS) is 39.2. The van der Waals surface area contributed by atoms with Crippen LogP contribution in [0.25, 0.3) is 0 Å². The third-order valence-electron chi connectivity index (χ3n) is 7.02. The van der Waals surface area contributed by atoms with Crippen molar-refractivity contribution in [2.75, 3.05) is 6.61 Å². The van der Waals surface area contributed by atoms with Crippen LogP contribution in [0.3, 0.4) is 0 Å². The van der Waals surface area contributed by atoms with Gasteiger partial charge in [0.1, 0.15) is 6.61 Å². The molecule has 1 aliphatic heterocycles.